The Bertz CT molecular complexity index is 1350. The summed E-state index contributed by atoms with van der Waals surface area (Å²) in [6, 6.07) is 20.3. The van der Waals surface area contributed by atoms with E-state index in [0.717, 1.165) is 60.2 Å². The normalized spacial score (nSPS) is 14.9. The number of aromatic amines is 1. The number of fused-ring (bicyclic) bond motifs is 1. The van der Waals surface area contributed by atoms with Gasteiger partial charge in [0.25, 0.3) is 0 Å². The molecular formula is C28H26ClF2N3O. The van der Waals surface area contributed by atoms with Crippen molar-refractivity contribution in [3.63, 3.8) is 0 Å². The Hall–Kier alpha value is -3.22. The molecule has 5 rings (SSSR count). The van der Waals surface area contributed by atoms with Crippen LogP contribution in [0.1, 0.15) is 36.4 Å². The summed E-state index contributed by atoms with van der Waals surface area (Å²) in [7, 11) is 0. The van der Waals surface area contributed by atoms with Crippen molar-refractivity contribution in [1.82, 2.24) is 14.5 Å². The molecule has 0 saturated carbocycles. The third-order valence-electron chi connectivity index (χ3n) is 6.73. The van der Waals surface area contributed by atoms with E-state index < -0.39 is 0 Å². The van der Waals surface area contributed by atoms with Gasteiger partial charge in [-0.2, -0.15) is 0 Å². The van der Waals surface area contributed by atoms with Crippen molar-refractivity contribution in [1.29, 1.82) is 0 Å². The highest BCUT2D eigenvalue weighted by Gasteiger charge is 2.23. The number of rotatable bonds is 6. The van der Waals surface area contributed by atoms with E-state index in [1.165, 1.54) is 24.3 Å². The molecular weight excluding hydrogens is 468 g/mol. The SMILES string of the molecule is O=c1[nH]c2ccccc2n1C1CCN(CCC(Cl)=C(c2ccc(F)cc2)c2ccc(F)cc2)CC1. The van der Waals surface area contributed by atoms with Crippen LogP contribution in [0, 0.1) is 11.6 Å². The van der Waals surface area contributed by atoms with E-state index >= 15 is 0 Å². The molecule has 4 nitrogen and oxygen atoms in total. The minimum Gasteiger partial charge on any atom is -0.306 e. The Labute approximate surface area is 207 Å². The zero-order valence-electron chi connectivity index (χ0n) is 19.2. The summed E-state index contributed by atoms with van der Waals surface area (Å²) in [5.74, 6) is -0.638. The average molecular weight is 494 g/mol. The van der Waals surface area contributed by atoms with Crippen LogP contribution in [0.15, 0.2) is 82.6 Å². The van der Waals surface area contributed by atoms with Crippen molar-refractivity contribution in [2.75, 3.05) is 19.6 Å². The standard InChI is InChI=1S/C28H26ClF2N3O/c29-24(27(19-5-9-21(30)10-6-19)20-7-11-22(31)12-8-20)15-18-33-16-13-23(14-17-33)34-26-4-2-1-3-25(26)32-28(34)35/h1-12,23H,13-18H2,(H,32,35). The summed E-state index contributed by atoms with van der Waals surface area (Å²) >= 11 is 6.83. The molecule has 1 aliphatic heterocycles. The molecule has 1 fully saturated rings. The van der Waals surface area contributed by atoms with Crippen molar-refractivity contribution < 1.29 is 8.78 Å². The first-order valence-electron chi connectivity index (χ1n) is 11.8. The fraction of sp³-hybridized carbons (Fsp3) is 0.250. The number of para-hydroxylation sites is 2. The highest BCUT2D eigenvalue weighted by molar-refractivity contribution is 6.33. The number of likely N-dealkylation sites (tertiary alicyclic amines) is 1. The molecule has 1 aliphatic rings. The van der Waals surface area contributed by atoms with Crippen molar-refractivity contribution >= 4 is 28.2 Å². The minimum atomic E-state index is -0.319. The smallest absolute Gasteiger partial charge is 0.306 e. The van der Waals surface area contributed by atoms with Crippen LogP contribution in [-0.2, 0) is 0 Å². The second-order valence-electron chi connectivity index (χ2n) is 8.93. The third kappa shape index (κ3) is 5.09. The summed E-state index contributed by atoms with van der Waals surface area (Å²) in [4.78, 5) is 17.8. The van der Waals surface area contributed by atoms with E-state index in [4.69, 9.17) is 11.6 Å². The second kappa shape index (κ2) is 10.2. The van der Waals surface area contributed by atoms with Crippen molar-refractivity contribution in [3.05, 3.63) is 111 Å². The van der Waals surface area contributed by atoms with E-state index in [9.17, 15) is 13.6 Å². The number of H-pyrrole nitrogens is 1. The van der Waals surface area contributed by atoms with Gasteiger partial charge in [-0.25, -0.2) is 13.6 Å². The number of benzene rings is 3. The predicted octanol–water partition coefficient (Wildman–Crippen LogP) is 6.33. The fourth-order valence-electron chi connectivity index (χ4n) is 4.93. The molecule has 0 atom stereocenters. The number of nitrogens with one attached hydrogen (secondary N) is 1. The molecule has 180 valence electrons. The van der Waals surface area contributed by atoms with Gasteiger partial charge in [-0.15, -0.1) is 0 Å². The lowest BCUT2D eigenvalue weighted by Crippen LogP contribution is -2.37. The predicted molar refractivity (Wildman–Crippen MR) is 137 cm³/mol. The van der Waals surface area contributed by atoms with E-state index in [1.807, 2.05) is 28.8 Å². The van der Waals surface area contributed by atoms with E-state index in [2.05, 4.69) is 9.88 Å². The van der Waals surface area contributed by atoms with Gasteiger partial charge in [-0.3, -0.25) is 4.57 Å². The lowest BCUT2D eigenvalue weighted by atomic mass is 9.96. The average Bonchev–Trinajstić information content (AvgIpc) is 3.21. The number of hydrogen-bond donors (Lipinski definition) is 1. The summed E-state index contributed by atoms with van der Waals surface area (Å²) < 4.78 is 28.9. The first kappa shape index (κ1) is 23.5. The zero-order valence-corrected chi connectivity index (χ0v) is 19.9. The topological polar surface area (TPSA) is 41.0 Å². The second-order valence-corrected chi connectivity index (χ2v) is 9.39. The number of piperidine rings is 1. The molecule has 7 heteroatoms. The number of hydrogen-bond acceptors (Lipinski definition) is 2. The Kier molecular flexibility index (Phi) is 6.84. The summed E-state index contributed by atoms with van der Waals surface area (Å²) in [6.45, 7) is 2.49. The monoisotopic (exact) mass is 493 g/mol. The van der Waals surface area contributed by atoms with Crippen molar-refractivity contribution in [2.45, 2.75) is 25.3 Å². The van der Waals surface area contributed by atoms with Crippen LogP contribution < -0.4 is 5.69 Å². The van der Waals surface area contributed by atoms with Gasteiger partial charge in [-0.1, -0.05) is 48.0 Å². The molecule has 0 unspecified atom stereocenters. The molecule has 0 radical (unpaired) electrons. The van der Waals surface area contributed by atoms with Crippen molar-refractivity contribution in [2.24, 2.45) is 0 Å². The molecule has 35 heavy (non-hydrogen) atoms. The largest absolute Gasteiger partial charge is 0.326 e. The van der Waals surface area contributed by atoms with Crippen molar-refractivity contribution in [3.8, 4) is 0 Å². The number of aromatic nitrogens is 2. The van der Waals surface area contributed by atoms with Gasteiger partial charge in [0.05, 0.1) is 11.0 Å². The molecule has 4 aromatic rings. The molecule has 0 spiro atoms. The van der Waals surface area contributed by atoms with Gasteiger partial charge < -0.3 is 9.88 Å². The maximum atomic E-state index is 13.5. The summed E-state index contributed by atoms with van der Waals surface area (Å²) in [6.07, 6.45) is 2.38. The number of nitrogens with zero attached hydrogens (tertiary/aromatic N) is 2. The Morgan fingerprint density at radius 1 is 0.886 bits per heavy atom. The summed E-state index contributed by atoms with van der Waals surface area (Å²) in [5, 5.41) is 0.651. The third-order valence-corrected chi connectivity index (χ3v) is 7.11. The van der Waals surface area contributed by atoms with Gasteiger partial charge in [0.1, 0.15) is 11.6 Å². The quantitative estimate of drug-likeness (QED) is 0.341. The van der Waals surface area contributed by atoms with Gasteiger partial charge in [0, 0.05) is 36.3 Å². The van der Waals surface area contributed by atoms with E-state index in [1.54, 1.807) is 24.3 Å². The molecule has 0 bridgehead atoms. The molecule has 2 heterocycles. The zero-order chi connectivity index (χ0) is 24.4. The molecule has 0 aliphatic carbocycles. The fourth-order valence-corrected chi connectivity index (χ4v) is 5.23. The number of imidazole rings is 1. The minimum absolute atomic E-state index is 0.0566. The van der Waals surface area contributed by atoms with E-state index in [0.29, 0.717) is 11.5 Å². The van der Waals surface area contributed by atoms with Crippen LogP contribution in [0.2, 0.25) is 0 Å². The Morgan fingerprint density at radius 3 is 2.06 bits per heavy atom. The lowest BCUT2D eigenvalue weighted by molar-refractivity contribution is 0.189. The van der Waals surface area contributed by atoms with E-state index in [-0.39, 0.29) is 23.4 Å². The lowest BCUT2D eigenvalue weighted by Gasteiger charge is -2.32. The molecule has 3 aromatic carbocycles. The molecule has 1 aromatic heterocycles. The van der Waals surface area contributed by atoms with Crippen LogP contribution in [0.3, 0.4) is 0 Å². The maximum Gasteiger partial charge on any atom is 0.326 e. The highest BCUT2D eigenvalue weighted by Crippen LogP contribution is 2.32. The van der Waals surface area contributed by atoms with Gasteiger partial charge >= 0.3 is 5.69 Å². The van der Waals surface area contributed by atoms with Crippen LogP contribution in [0.5, 0.6) is 0 Å². The van der Waals surface area contributed by atoms with Crippen LogP contribution in [-0.4, -0.2) is 34.1 Å². The first-order valence-corrected chi connectivity index (χ1v) is 12.2. The van der Waals surface area contributed by atoms with Gasteiger partial charge in [0.15, 0.2) is 0 Å². The van der Waals surface area contributed by atoms with Gasteiger partial charge in [0.2, 0.25) is 0 Å². The van der Waals surface area contributed by atoms with Gasteiger partial charge in [-0.05, 0) is 66.8 Å². The molecule has 0 amide bonds. The summed E-state index contributed by atoms with van der Waals surface area (Å²) in [5.41, 5.74) is 4.13. The first-order chi connectivity index (χ1) is 17.0. The maximum absolute atomic E-state index is 13.5. The molecule has 1 saturated heterocycles. The van der Waals surface area contributed by atoms with Crippen LogP contribution in [0.4, 0.5) is 8.78 Å². The highest BCUT2D eigenvalue weighted by atomic mass is 35.5. The van der Waals surface area contributed by atoms with Crippen LogP contribution in [0.25, 0.3) is 16.6 Å². The van der Waals surface area contributed by atoms with Crippen LogP contribution >= 0.6 is 11.6 Å². The Morgan fingerprint density at radius 2 is 1.46 bits per heavy atom. The molecule has 1 N–H and O–H groups in total. The number of halogens is 3. The Balaban J connectivity index is 1.30.